The summed E-state index contributed by atoms with van der Waals surface area (Å²) in [5.74, 6) is 5.91. The second-order valence-electron chi connectivity index (χ2n) is 3.91. The molecular formula is C11H17N3O. The Morgan fingerprint density at radius 2 is 2.20 bits per heavy atom. The van der Waals surface area contributed by atoms with Gasteiger partial charge in [-0.1, -0.05) is 18.9 Å². The molecule has 15 heavy (non-hydrogen) atoms. The Hall–Kier alpha value is -1.13. The lowest BCUT2D eigenvalue weighted by atomic mass is 10.3. The molecule has 0 bridgehead atoms. The van der Waals surface area contributed by atoms with E-state index in [-0.39, 0.29) is 0 Å². The van der Waals surface area contributed by atoms with Crippen LogP contribution in [0.3, 0.4) is 0 Å². The largest absolute Gasteiger partial charge is 0.373 e. The number of nitrogens with zero attached hydrogens (tertiary/aromatic N) is 1. The number of ether oxygens (including phenoxy) is 1. The van der Waals surface area contributed by atoms with Gasteiger partial charge in [-0.2, -0.15) is 0 Å². The van der Waals surface area contributed by atoms with Crippen molar-refractivity contribution in [2.45, 2.75) is 38.4 Å². The smallest absolute Gasteiger partial charge is 0.139 e. The molecule has 0 spiro atoms. The molecule has 0 aromatic carbocycles. The van der Waals surface area contributed by atoms with Crippen LogP contribution in [0.1, 0.15) is 31.2 Å². The number of aromatic nitrogens is 1. The van der Waals surface area contributed by atoms with Gasteiger partial charge < -0.3 is 10.2 Å². The second-order valence-corrected chi connectivity index (χ2v) is 3.91. The molecule has 0 saturated heterocycles. The van der Waals surface area contributed by atoms with Gasteiger partial charge in [-0.3, -0.25) is 0 Å². The third kappa shape index (κ3) is 2.91. The van der Waals surface area contributed by atoms with Crippen molar-refractivity contribution in [3.63, 3.8) is 0 Å². The summed E-state index contributed by atoms with van der Waals surface area (Å²) in [5.41, 5.74) is 3.60. The molecule has 1 aromatic rings. The number of anilines is 1. The van der Waals surface area contributed by atoms with E-state index >= 15 is 0 Å². The molecule has 4 nitrogen and oxygen atoms in total. The number of hydrogen-bond acceptors (Lipinski definition) is 4. The Bertz CT molecular complexity index is 293. The van der Waals surface area contributed by atoms with Crippen LogP contribution in [0.15, 0.2) is 18.3 Å². The van der Waals surface area contributed by atoms with Crippen molar-refractivity contribution in [3.8, 4) is 0 Å². The molecule has 2 rings (SSSR count). The molecule has 1 aliphatic carbocycles. The van der Waals surface area contributed by atoms with E-state index in [2.05, 4.69) is 10.4 Å². The van der Waals surface area contributed by atoms with Crippen LogP contribution in [0.4, 0.5) is 5.82 Å². The van der Waals surface area contributed by atoms with Crippen LogP contribution < -0.4 is 11.3 Å². The van der Waals surface area contributed by atoms with Crippen molar-refractivity contribution in [2.24, 2.45) is 5.84 Å². The number of nitrogens with two attached hydrogens (primary N) is 1. The molecule has 4 heteroatoms. The molecule has 1 saturated carbocycles. The van der Waals surface area contributed by atoms with Gasteiger partial charge in [-0.15, -0.1) is 0 Å². The molecule has 0 amide bonds. The lowest BCUT2D eigenvalue weighted by Crippen LogP contribution is -2.09. The van der Waals surface area contributed by atoms with Gasteiger partial charge in [0.2, 0.25) is 0 Å². The molecule has 1 fully saturated rings. The summed E-state index contributed by atoms with van der Waals surface area (Å²) in [6.45, 7) is 0.655. The zero-order valence-corrected chi connectivity index (χ0v) is 8.78. The number of rotatable bonds is 4. The number of hydrazine groups is 1. The quantitative estimate of drug-likeness (QED) is 0.584. The van der Waals surface area contributed by atoms with Crippen LogP contribution in [-0.2, 0) is 11.3 Å². The van der Waals surface area contributed by atoms with Gasteiger partial charge in [0.25, 0.3) is 0 Å². The van der Waals surface area contributed by atoms with Gasteiger partial charge in [0.1, 0.15) is 5.82 Å². The van der Waals surface area contributed by atoms with E-state index in [0.29, 0.717) is 18.5 Å². The molecule has 82 valence electrons. The molecule has 1 aliphatic rings. The third-order valence-corrected chi connectivity index (χ3v) is 2.76. The van der Waals surface area contributed by atoms with Gasteiger partial charge in [-0.25, -0.2) is 10.8 Å². The van der Waals surface area contributed by atoms with E-state index in [9.17, 15) is 0 Å². The fourth-order valence-corrected chi connectivity index (χ4v) is 1.86. The minimum absolute atomic E-state index is 0.456. The summed E-state index contributed by atoms with van der Waals surface area (Å²) in [7, 11) is 0. The van der Waals surface area contributed by atoms with Gasteiger partial charge in [0.15, 0.2) is 0 Å². The normalized spacial score (nSPS) is 16.9. The zero-order chi connectivity index (χ0) is 10.5. The summed E-state index contributed by atoms with van der Waals surface area (Å²) < 4.78 is 5.77. The number of pyridine rings is 1. The Morgan fingerprint density at radius 1 is 1.40 bits per heavy atom. The molecule has 0 atom stereocenters. The van der Waals surface area contributed by atoms with Gasteiger partial charge in [-0.05, 0) is 24.5 Å². The topological polar surface area (TPSA) is 60.2 Å². The van der Waals surface area contributed by atoms with E-state index in [0.717, 1.165) is 5.56 Å². The van der Waals surface area contributed by atoms with Crippen molar-refractivity contribution in [1.29, 1.82) is 0 Å². The Labute approximate surface area is 89.8 Å². The van der Waals surface area contributed by atoms with E-state index in [1.54, 1.807) is 6.20 Å². The van der Waals surface area contributed by atoms with Crippen molar-refractivity contribution in [2.75, 3.05) is 5.43 Å². The predicted molar refractivity (Wildman–Crippen MR) is 59.1 cm³/mol. The highest BCUT2D eigenvalue weighted by atomic mass is 16.5. The van der Waals surface area contributed by atoms with Gasteiger partial charge in [0, 0.05) is 6.20 Å². The molecule has 1 aromatic heterocycles. The summed E-state index contributed by atoms with van der Waals surface area (Å²) in [6, 6.07) is 3.84. The first-order chi connectivity index (χ1) is 7.38. The highest BCUT2D eigenvalue weighted by Crippen LogP contribution is 2.21. The number of nitrogens with one attached hydrogen (secondary N) is 1. The van der Waals surface area contributed by atoms with Crippen LogP contribution in [0.25, 0.3) is 0 Å². The maximum absolute atomic E-state index is 5.77. The minimum atomic E-state index is 0.456. The van der Waals surface area contributed by atoms with Crippen molar-refractivity contribution >= 4 is 5.82 Å². The highest BCUT2D eigenvalue weighted by molar-refractivity contribution is 5.33. The molecule has 0 radical (unpaired) electrons. The van der Waals surface area contributed by atoms with Crippen LogP contribution >= 0.6 is 0 Å². The fraction of sp³-hybridized carbons (Fsp3) is 0.545. The van der Waals surface area contributed by atoms with Crippen LogP contribution in [0.5, 0.6) is 0 Å². The molecule has 0 unspecified atom stereocenters. The molecule has 3 N–H and O–H groups in total. The maximum Gasteiger partial charge on any atom is 0.139 e. The lowest BCUT2D eigenvalue weighted by molar-refractivity contribution is 0.0455. The summed E-state index contributed by atoms with van der Waals surface area (Å²) in [5, 5.41) is 0. The summed E-state index contributed by atoms with van der Waals surface area (Å²) >= 11 is 0. The average Bonchev–Trinajstić information content (AvgIpc) is 2.80. The van der Waals surface area contributed by atoms with Gasteiger partial charge >= 0.3 is 0 Å². The predicted octanol–water partition coefficient (Wildman–Crippen LogP) is 1.83. The molecule has 1 heterocycles. The standard InChI is InChI=1S/C11H17N3O/c12-14-11-6-5-9(7-13-11)8-15-10-3-1-2-4-10/h5-7,10H,1-4,8,12H2,(H,13,14). The number of hydrogen-bond donors (Lipinski definition) is 2. The van der Waals surface area contributed by atoms with E-state index < -0.39 is 0 Å². The van der Waals surface area contributed by atoms with Crippen molar-refractivity contribution < 1.29 is 4.74 Å². The average molecular weight is 207 g/mol. The zero-order valence-electron chi connectivity index (χ0n) is 8.78. The van der Waals surface area contributed by atoms with Crippen LogP contribution in [-0.4, -0.2) is 11.1 Å². The van der Waals surface area contributed by atoms with Gasteiger partial charge in [0.05, 0.1) is 12.7 Å². The first kappa shape index (κ1) is 10.4. The maximum atomic E-state index is 5.77. The van der Waals surface area contributed by atoms with Crippen LogP contribution in [0.2, 0.25) is 0 Å². The lowest BCUT2D eigenvalue weighted by Gasteiger charge is -2.10. The Morgan fingerprint density at radius 3 is 2.80 bits per heavy atom. The monoisotopic (exact) mass is 207 g/mol. The Kier molecular flexibility index (Phi) is 3.53. The molecule has 0 aliphatic heterocycles. The number of nitrogen functional groups attached to an aromatic ring is 1. The minimum Gasteiger partial charge on any atom is -0.373 e. The Balaban J connectivity index is 1.82. The van der Waals surface area contributed by atoms with E-state index in [1.807, 2.05) is 12.1 Å². The first-order valence-electron chi connectivity index (χ1n) is 5.41. The SMILES string of the molecule is NNc1ccc(COC2CCCC2)cn1. The first-order valence-corrected chi connectivity index (χ1v) is 5.41. The van der Waals surface area contributed by atoms with Crippen molar-refractivity contribution in [3.05, 3.63) is 23.9 Å². The third-order valence-electron chi connectivity index (χ3n) is 2.76. The summed E-state index contributed by atoms with van der Waals surface area (Å²) in [6.07, 6.45) is 7.27. The second kappa shape index (κ2) is 5.09. The fourth-order valence-electron chi connectivity index (χ4n) is 1.86. The van der Waals surface area contributed by atoms with Crippen molar-refractivity contribution in [1.82, 2.24) is 4.98 Å². The van der Waals surface area contributed by atoms with E-state index in [1.165, 1.54) is 25.7 Å². The van der Waals surface area contributed by atoms with Crippen LogP contribution in [0, 0.1) is 0 Å². The molecular weight excluding hydrogens is 190 g/mol. The highest BCUT2D eigenvalue weighted by Gasteiger charge is 2.14. The van der Waals surface area contributed by atoms with E-state index in [4.69, 9.17) is 10.6 Å². The summed E-state index contributed by atoms with van der Waals surface area (Å²) in [4.78, 5) is 4.13.